The molecule has 0 amide bonds. The molecule has 1 aliphatic heterocycles. The van der Waals surface area contributed by atoms with Gasteiger partial charge in [-0.3, -0.25) is 4.79 Å². The van der Waals surface area contributed by atoms with Crippen LogP contribution in [0, 0.1) is 5.41 Å². The summed E-state index contributed by atoms with van der Waals surface area (Å²) in [7, 11) is 0. The Bertz CT molecular complexity index is 726. The van der Waals surface area contributed by atoms with Crippen LogP contribution >= 0.6 is 0 Å². The van der Waals surface area contributed by atoms with Gasteiger partial charge in [0.2, 0.25) is 0 Å². The SMILES string of the molecule is CC1(CCN2CCCCC2)CCc2c([nH]c3ccccc23)C1=O. The van der Waals surface area contributed by atoms with E-state index in [1.165, 1.54) is 43.3 Å². The Labute approximate surface area is 138 Å². The first-order chi connectivity index (χ1) is 11.2. The number of hydrogen-bond acceptors (Lipinski definition) is 2. The Morgan fingerprint density at radius 3 is 2.78 bits per heavy atom. The lowest BCUT2D eigenvalue weighted by Gasteiger charge is -2.35. The molecule has 0 radical (unpaired) electrons. The number of nitrogens with one attached hydrogen (secondary N) is 1. The van der Waals surface area contributed by atoms with Crippen LogP contribution in [0.4, 0.5) is 0 Å². The Morgan fingerprint density at radius 2 is 1.96 bits per heavy atom. The largest absolute Gasteiger partial charge is 0.352 e. The summed E-state index contributed by atoms with van der Waals surface area (Å²) < 4.78 is 0. The van der Waals surface area contributed by atoms with Crippen molar-refractivity contribution in [3.05, 3.63) is 35.5 Å². The maximum atomic E-state index is 13.1. The van der Waals surface area contributed by atoms with E-state index in [2.05, 4.69) is 35.0 Å². The first-order valence-electron chi connectivity index (χ1n) is 9.04. The molecule has 1 aromatic carbocycles. The Morgan fingerprint density at radius 1 is 1.17 bits per heavy atom. The lowest BCUT2D eigenvalue weighted by Crippen LogP contribution is -2.39. The Kier molecular flexibility index (Phi) is 3.76. The highest BCUT2D eigenvalue weighted by molar-refractivity contribution is 6.06. The molecule has 1 aromatic heterocycles. The number of hydrogen-bond donors (Lipinski definition) is 1. The van der Waals surface area contributed by atoms with Gasteiger partial charge in [-0.1, -0.05) is 31.5 Å². The van der Waals surface area contributed by atoms with Crippen LogP contribution in [-0.2, 0) is 6.42 Å². The third-order valence-corrected chi connectivity index (χ3v) is 5.94. The monoisotopic (exact) mass is 310 g/mol. The van der Waals surface area contributed by atoms with Gasteiger partial charge in [-0.15, -0.1) is 0 Å². The van der Waals surface area contributed by atoms with Crippen LogP contribution < -0.4 is 0 Å². The van der Waals surface area contributed by atoms with Crippen LogP contribution in [0.3, 0.4) is 0 Å². The smallest absolute Gasteiger partial charge is 0.185 e. The molecule has 2 heterocycles. The minimum Gasteiger partial charge on any atom is -0.352 e. The number of Topliss-reactive ketones (excluding diaryl/α,β-unsaturated/α-hetero) is 1. The fourth-order valence-electron chi connectivity index (χ4n) is 4.30. The number of aryl methyl sites for hydroxylation is 1. The normalized spacial score (nSPS) is 25.7. The number of H-pyrrole nitrogens is 1. The standard InChI is InChI=1S/C20H26N2O/c1-20(11-14-22-12-5-2-6-13-22)10-9-16-15-7-3-4-8-17(15)21-18(16)19(20)23/h3-4,7-8,21H,2,5-6,9-14H2,1H3. The highest BCUT2D eigenvalue weighted by atomic mass is 16.1. The van der Waals surface area contributed by atoms with Crippen molar-refractivity contribution >= 4 is 16.7 Å². The van der Waals surface area contributed by atoms with Crippen molar-refractivity contribution < 1.29 is 4.79 Å². The van der Waals surface area contributed by atoms with E-state index in [1.807, 2.05) is 6.07 Å². The molecule has 1 saturated heterocycles. The molecule has 2 aromatic rings. The summed E-state index contributed by atoms with van der Waals surface area (Å²) in [5.74, 6) is 0.326. The maximum Gasteiger partial charge on any atom is 0.185 e. The molecule has 0 saturated carbocycles. The number of para-hydroxylation sites is 1. The van der Waals surface area contributed by atoms with Gasteiger partial charge < -0.3 is 9.88 Å². The predicted molar refractivity (Wildman–Crippen MR) is 94.0 cm³/mol. The van der Waals surface area contributed by atoms with Crippen molar-refractivity contribution in [1.29, 1.82) is 0 Å². The molecule has 1 fully saturated rings. The minimum atomic E-state index is -0.203. The molecule has 3 nitrogen and oxygen atoms in total. The van der Waals surface area contributed by atoms with E-state index in [9.17, 15) is 4.79 Å². The van der Waals surface area contributed by atoms with Crippen LogP contribution in [0.2, 0.25) is 0 Å². The van der Waals surface area contributed by atoms with Gasteiger partial charge in [-0.25, -0.2) is 0 Å². The van der Waals surface area contributed by atoms with Crippen LogP contribution in [0.25, 0.3) is 10.9 Å². The van der Waals surface area contributed by atoms with Gasteiger partial charge in [0.05, 0.1) is 5.69 Å². The van der Waals surface area contributed by atoms with E-state index in [0.717, 1.165) is 37.0 Å². The summed E-state index contributed by atoms with van der Waals surface area (Å²) in [6.45, 7) is 5.66. The molecular weight excluding hydrogens is 284 g/mol. The number of ketones is 1. The molecule has 1 N–H and O–H groups in total. The summed E-state index contributed by atoms with van der Waals surface area (Å²) in [6, 6.07) is 8.30. The molecule has 1 atom stereocenters. The van der Waals surface area contributed by atoms with Gasteiger partial charge in [0.25, 0.3) is 0 Å². The number of likely N-dealkylation sites (tertiary alicyclic amines) is 1. The number of nitrogens with zero attached hydrogens (tertiary/aromatic N) is 1. The molecular formula is C20H26N2O. The van der Waals surface area contributed by atoms with Crippen molar-refractivity contribution in [3.8, 4) is 0 Å². The molecule has 1 unspecified atom stereocenters. The first-order valence-corrected chi connectivity index (χ1v) is 9.04. The fraction of sp³-hybridized carbons (Fsp3) is 0.550. The highest BCUT2D eigenvalue weighted by Gasteiger charge is 2.40. The molecule has 1 aliphatic carbocycles. The Balaban J connectivity index is 1.55. The highest BCUT2D eigenvalue weighted by Crippen LogP contribution is 2.40. The maximum absolute atomic E-state index is 13.1. The van der Waals surface area contributed by atoms with Gasteiger partial charge in [-0.2, -0.15) is 0 Å². The number of fused-ring (bicyclic) bond motifs is 3. The van der Waals surface area contributed by atoms with Crippen LogP contribution in [0.15, 0.2) is 24.3 Å². The lowest BCUT2D eigenvalue weighted by molar-refractivity contribution is 0.0733. The number of aromatic amines is 1. The molecule has 0 spiro atoms. The van der Waals surface area contributed by atoms with Crippen LogP contribution in [0.5, 0.6) is 0 Å². The third-order valence-electron chi connectivity index (χ3n) is 5.94. The second kappa shape index (κ2) is 5.79. The zero-order valence-corrected chi connectivity index (χ0v) is 14.0. The molecule has 23 heavy (non-hydrogen) atoms. The second-order valence-corrected chi connectivity index (χ2v) is 7.57. The lowest BCUT2D eigenvalue weighted by atomic mass is 9.71. The van der Waals surface area contributed by atoms with Gasteiger partial charge >= 0.3 is 0 Å². The number of rotatable bonds is 3. The molecule has 3 heteroatoms. The van der Waals surface area contributed by atoms with E-state index < -0.39 is 0 Å². The summed E-state index contributed by atoms with van der Waals surface area (Å²) in [5.41, 5.74) is 3.01. The average molecular weight is 310 g/mol. The van der Waals surface area contributed by atoms with Gasteiger partial charge in [0, 0.05) is 16.3 Å². The Hall–Kier alpha value is -1.61. The van der Waals surface area contributed by atoms with Crippen LogP contribution in [-0.4, -0.2) is 35.3 Å². The average Bonchev–Trinajstić information content (AvgIpc) is 2.97. The minimum absolute atomic E-state index is 0.203. The second-order valence-electron chi connectivity index (χ2n) is 7.57. The van der Waals surface area contributed by atoms with Gasteiger partial charge in [0.15, 0.2) is 5.78 Å². The first kappa shape index (κ1) is 14.9. The van der Waals surface area contributed by atoms with E-state index in [4.69, 9.17) is 0 Å². The number of benzene rings is 1. The van der Waals surface area contributed by atoms with Crippen molar-refractivity contribution in [3.63, 3.8) is 0 Å². The van der Waals surface area contributed by atoms with Crippen molar-refractivity contribution in [2.45, 2.75) is 45.4 Å². The number of aromatic nitrogens is 1. The third kappa shape index (κ3) is 2.61. The molecule has 4 rings (SSSR count). The van der Waals surface area contributed by atoms with Gasteiger partial charge in [-0.05, 0) is 63.4 Å². The van der Waals surface area contributed by atoms with E-state index in [-0.39, 0.29) is 5.41 Å². The topological polar surface area (TPSA) is 36.1 Å². The molecule has 2 aliphatic rings. The van der Waals surface area contributed by atoms with Crippen molar-refractivity contribution in [1.82, 2.24) is 9.88 Å². The number of piperidine rings is 1. The van der Waals surface area contributed by atoms with Crippen molar-refractivity contribution in [2.75, 3.05) is 19.6 Å². The van der Waals surface area contributed by atoms with E-state index in [1.54, 1.807) is 0 Å². The van der Waals surface area contributed by atoms with E-state index >= 15 is 0 Å². The summed E-state index contributed by atoms with van der Waals surface area (Å²) in [5, 5.41) is 1.23. The predicted octanol–water partition coefficient (Wildman–Crippen LogP) is 4.18. The van der Waals surface area contributed by atoms with E-state index in [0.29, 0.717) is 5.78 Å². The number of carbonyl (C=O) groups excluding carboxylic acids is 1. The summed E-state index contributed by atoms with van der Waals surface area (Å²) >= 11 is 0. The molecule has 0 bridgehead atoms. The molecule has 122 valence electrons. The van der Waals surface area contributed by atoms with Crippen LogP contribution in [0.1, 0.15) is 55.1 Å². The summed E-state index contributed by atoms with van der Waals surface area (Å²) in [4.78, 5) is 19.1. The van der Waals surface area contributed by atoms with Crippen molar-refractivity contribution in [2.24, 2.45) is 5.41 Å². The van der Waals surface area contributed by atoms with Gasteiger partial charge in [0.1, 0.15) is 0 Å². The zero-order valence-electron chi connectivity index (χ0n) is 14.0. The quantitative estimate of drug-likeness (QED) is 0.923. The summed E-state index contributed by atoms with van der Waals surface area (Å²) in [6.07, 6.45) is 6.98. The fourth-order valence-corrected chi connectivity index (χ4v) is 4.30. The zero-order chi connectivity index (χ0) is 15.9. The number of carbonyl (C=O) groups is 1.